The molecule has 0 aliphatic rings. The second-order valence-electron chi connectivity index (χ2n) is 3.85. The van der Waals surface area contributed by atoms with Gasteiger partial charge >= 0.3 is 0 Å². The van der Waals surface area contributed by atoms with E-state index in [1.165, 1.54) is 5.56 Å². The van der Waals surface area contributed by atoms with E-state index in [9.17, 15) is 0 Å². The molecule has 0 amide bonds. The molecule has 16 heavy (non-hydrogen) atoms. The van der Waals surface area contributed by atoms with Gasteiger partial charge in [-0.15, -0.1) is 6.58 Å². The molecule has 84 valence electrons. The summed E-state index contributed by atoms with van der Waals surface area (Å²) in [5.74, 6) is 0. The summed E-state index contributed by atoms with van der Waals surface area (Å²) in [5, 5.41) is 4.60. The van der Waals surface area contributed by atoms with E-state index in [0.29, 0.717) is 0 Å². The SMILES string of the molecule is C=CC(NCCC)c1coc2ccccc12. The van der Waals surface area contributed by atoms with Crippen molar-refractivity contribution in [2.75, 3.05) is 6.54 Å². The molecule has 2 nitrogen and oxygen atoms in total. The largest absolute Gasteiger partial charge is 0.464 e. The van der Waals surface area contributed by atoms with E-state index >= 15 is 0 Å². The normalized spacial score (nSPS) is 12.8. The molecule has 1 unspecified atom stereocenters. The highest BCUT2D eigenvalue weighted by Gasteiger charge is 2.12. The van der Waals surface area contributed by atoms with Crippen LogP contribution in [-0.4, -0.2) is 6.54 Å². The van der Waals surface area contributed by atoms with E-state index in [4.69, 9.17) is 4.42 Å². The van der Waals surface area contributed by atoms with Crippen LogP contribution in [0.2, 0.25) is 0 Å². The number of hydrogen-bond acceptors (Lipinski definition) is 2. The van der Waals surface area contributed by atoms with Crippen LogP contribution in [0.15, 0.2) is 47.6 Å². The van der Waals surface area contributed by atoms with Gasteiger partial charge in [-0.05, 0) is 19.0 Å². The van der Waals surface area contributed by atoms with Crippen LogP contribution in [0.1, 0.15) is 24.9 Å². The van der Waals surface area contributed by atoms with Crippen molar-refractivity contribution >= 4 is 11.0 Å². The van der Waals surface area contributed by atoms with Crippen LogP contribution in [0, 0.1) is 0 Å². The van der Waals surface area contributed by atoms with Crippen LogP contribution in [0.5, 0.6) is 0 Å². The van der Waals surface area contributed by atoms with Gasteiger partial charge in [-0.2, -0.15) is 0 Å². The number of hydrogen-bond donors (Lipinski definition) is 1. The second-order valence-corrected chi connectivity index (χ2v) is 3.85. The summed E-state index contributed by atoms with van der Waals surface area (Å²) >= 11 is 0. The van der Waals surface area contributed by atoms with Crippen LogP contribution < -0.4 is 5.32 Å². The zero-order chi connectivity index (χ0) is 11.4. The molecule has 1 heterocycles. The first kappa shape index (κ1) is 11.0. The van der Waals surface area contributed by atoms with Crippen LogP contribution in [0.3, 0.4) is 0 Å². The monoisotopic (exact) mass is 215 g/mol. The minimum atomic E-state index is 0.170. The van der Waals surface area contributed by atoms with Crippen molar-refractivity contribution < 1.29 is 4.42 Å². The van der Waals surface area contributed by atoms with E-state index in [1.54, 1.807) is 0 Å². The van der Waals surface area contributed by atoms with Crippen molar-refractivity contribution in [3.05, 3.63) is 48.7 Å². The van der Waals surface area contributed by atoms with Crippen molar-refractivity contribution in [1.82, 2.24) is 5.32 Å². The van der Waals surface area contributed by atoms with Crippen molar-refractivity contribution in [1.29, 1.82) is 0 Å². The summed E-state index contributed by atoms with van der Waals surface area (Å²) < 4.78 is 5.52. The predicted molar refractivity (Wildman–Crippen MR) is 67.4 cm³/mol. The van der Waals surface area contributed by atoms with E-state index in [1.807, 2.05) is 30.5 Å². The molecule has 1 aromatic heterocycles. The number of benzene rings is 1. The Morgan fingerprint density at radius 3 is 3.00 bits per heavy atom. The maximum absolute atomic E-state index is 5.52. The van der Waals surface area contributed by atoms with Gasteiger partial charge in [-0.1, -0.05) is 31.2 Å². The van der Waals surface area contributed by atoms with Crippen molar-refractivity contribution in [2.24, 2.45) is 0 Å². The number of nitrogens with one attached hydrogen (secondary N) is 1. The Kier molecular flexibility index (Phi) is 3.42. The molecule has 1 atom stereocenters. The third-order valence-corrected chi connectivity index (χ3v) is 2.70. The summed E-state index contributed by atoms with van der Waals surface area (Å²) in [6.45, 7) is 7.01. The van der Waals surface area contributed by atoms with Gasteiger partial charge in [0.05, 0.1) is 12.3 Å². The third kappa shape index (κ3) is 2.02. The summed E-state index contributed by atoms with van der Waals surface area (Å²) in [5.41, 5.74) is 2.10. The van der Waals surface area contributed by atoms with Gasteiger partial charge in [0, 0.05) is 10.9 Å². The molecule has 0 saturated carbocycles. The van der Waals surface area contributed by atoms with Crippen LogP contribution >= 0.6 is 0 Å². The quantitative estimate of drug-likeness (QED) is 0.770. The molecular formula is C14H17NO. The first-order valence-electron chi connectivity index (χ1n) is 5.69. The summed E-state index contributed by atoms with van der Waals surface area (Å²) in [6, 6.07) is 8.25. The molecule has 0 radical (unpaired) electrons. The van der Waals surface area contributed by atoms with Gasteiger partial charge in [0.2, 0.25) is 0 Å². The highest BCUT2D eigenvalue weighted by molar-refractivity contribution is 5.81. The fraction of sp³-hybridized carbons (Fsp3) is 0.286. The Hall–Kier alpha value is -1.54. The second kappa shape index (κ2) is 4.99. The highest BCUT2D eigenvalue weighted by atomic mass is 16.3. The lowest BCUT2D eigenvalue weighted by molar-refractivity contribution is 0.580. The molecule has 2 aromatic rings. The Balaban J connectivity index is 2.33. The molecule has 0 saturated heterocycles. The Labute approximate surface area is 96.0 Å². The fourth-order valence-electron chi connectivity index (χ4n) is 1.86. The zero-order valence-electron chi connectivity index (χ0n) is 9.57. The maximum atomic E-state index is 5.52. The van der Waals surface area contributed by atoms with Crippen molar-refractivity contribution in [3.63, 3.8) is 0 Å². The lowest BCUT2D eigenvalue weighted by Crippen LogP contribution is -2.19. The molecule has 2 heteroatoms. The minimum absolute atomic E-state index is 0.170. The maximum Gasteiger partial charge on any atom is 0.134 e. The number of para-hydroxylation sites is 1. The van der Waals surface area contributed by atoms with Gasteiger partial charge in [0.1, 0.15) is 5.58 Å². The smallest absolute Gasteiger partial charge is 0.134 e. The van der Waals surface area contributed by atoms with Crippen LogP contribution in [0.25, 0.3) is 11.0 Å². The van der Waals surface area contributed by atoms with Gasteiger partial charge < -0.3 is 9.73 Å². The Morgan fingerprint density at radius 1 is 1.44 bits per heavy atom. The standard InChI is InChI=1S/C14H17NO/c1-3-9-15-13(4-2)12-10-16-14-8-6-5-7-11(12)14/h4-8,10,13,15H,2-3,9H2,1H3. The molecule has 0 aliphatic carbocycles. The number of fused-ring (bicyclic) bond motifs is 1. The van der Waals surface area contributed by atoms with Gasteiger partial charge in [-0.3, -0.25) is 0 Å². The van der Waals surface area contributed by atoms with Gasteiger partial charge in [0.15, 0.2) is 0 Å². The summed E-state index contributed by atoms with van der Waals surface area (Å²) in [4.78, 5) is 0. The van der Waals surface area contributed by atoms with E-state index in [2.05, 4.69) is 24.9 Å². The van der Waals surface area contributed by atoms with Gasteiger partial charge in [-0.25, -0.2) is 0 Å². The van der Waals surface area contributed by atoms with E-state index < -0.39 is 0 Å². The first-order valence-corrected chi connectivity index (χ1v) is 5.69. The lowest BCUT2D eigenvalue weighted by atomic mass is 10.1. The fourth-order valence-corrected chi connectivity index (χ4v) is 1.86. The predicted octanol–water partition coefficient (Wildman–Crippen LogP) is 3.66. The molecule has 1 N–H and O–H groups in total. The third-order valence-electron chi connectivity index (χ3n) is 2.70. The van der Waals surface area contributed by atoms with Crippen LogP contribution in [-0.2, 0) is 0 Å². The first-order chi connectivity index (χ1) is 7.86. The number of furan rings is 1. The van der Waals surface area contributed by atoms with Crippen molar-refractivity contribution in [2.45, 2.75) is 19.4 Å². The topological polar surface area (TPSA) is 25.2 Å². The Morgan fingerprint density at radius 2 is 2.25 bits per heavy atom. The molecule has 0 aliphatic heterocycles. The molecular weight excluding hydrogens is 198 g/mol. The zero-order valence-corrected chi connectivity index (χ0v) is 9.57. The van der Waals surface area contributed by atoms with E-state index in [0.717, 1.165) is 23.9 Å². The average molecular weight is 215 g/mol. The van der Waals surface area contributed by atoms with Crippen molar-refractivity contribution in [3.8, 4) is 0 Å². The highest BCUT2D eigenvalue weighted by Crippen LogP contribution is 2.26. The number of rotatable bonds is 5. The Bertz CT molecular complexity index is 472. The van der Waals surface area contributed by atoms with E-state index in [-0.39, 0.29) is 6.04 Å². The molecule has 0 fully saturated rings. The summed E-state index contributed by atoms with van der Waals surface area (Å²) in [7, 11) is 0. The average Bonchev–Trinajstić information content (AvgIpc) is 2.75. The minimum Gasteiger partial charge on any atom is -0.464 e. The summed E-state index contributed by atoms with van der Waals surface area (Å²) in [6.07, 6.45) is 4.85. The molecule has 2 rings (SSSR count). The molecule has 0 spiro atoms. The van der Waals surface area contributed by atoms with Gasteiger partial charge in [0.25, 0.3) is 0 Å². The lowest BCUT2D eigenvalue weighted by Gasteiger charge is -2.12. The molecule has 0 bridgehead atoms. The molecule has 1 aromatic carbocycles. The van der Waals surface area contributed by atoms with Crippen LogP contribution in [0.4, 0.5) is 0 Å².